The molecule has 82 heavy (non-hydrogen) atoms. The average Bonchev–Trinajstić information content (AvgIpc) is 3.86. The maximum Gasteiger partial charge on any atom is 0.245 e. The van der Waals surface area contributed by atoms with Crippen LogP contribution in [0.15, 0.2) is 95.0 Å². The maximum atomic E-state index is 15.0. The molecule has 9 amide bonds. The summed E-state index contributed by atoms with van der Waals surface area (Å²) in [4.78, 5) is 138. The summed E-state index contributed by atoms with van der Waals surface area (Å²) in [6.45, 7) is 2.77. The van der Waals surface area contributed by atoms with Crippen molar-refractivity contribution in [1.82, 2.24) is 47.5 Å². The maximum absolute atomic E-state index is 15.0. The van der Waals surface area contributed by atoms with E-state index in [9.17, 15) is 38.4 Å². The first kappa shape index (κ1) is 64.0. The third kappa shape index (κ3) is 21.0. The van der Waals surface area contributed by atoms with Crippen LogP contribution in [0, 0.1) is 0 Å². The van der Waals surface area contributed by atoms with Gasteiger partial charge < -0.3 is 80.9 Å². The summed E-state index contributed by atoms with van der Waals surface area (Å²) < 4.78 is 6.20. The molecule has 5 rings (SSSR count). The molecule has 2 heterocycles. The minimum atomic E-state index is -1.63. The van der Waals surface area contributed by atoms with Gasteiger partial charge in [-0.3, -0.25) is 53.1 Å². The normalized spacial score (nSPS) is 20.7. The third-order valence-corrected chi connectivity index (χ3v) is 13.7. The lowest BCUT2D eigenvalue weighted by molar-refractivity contribution is -0.138. The van der Waals surface area contributed by atoms with Gasteiger partial charge in [0.05, 0.1) is 12.7 Å². The molecule has 1 aromatic heterocycles. The molecule has 1 fully saturated rings. The number of aliphatic imine (C=N–C) groups is 2. The van der Waals surface area contributed by atoms with Crippen LogP contribution in [0.4, 0.5) is 0 Å². The molecule has 1 saturated heterocycles. The number of carbonyl (C=O) groups is 9. The Hall–Kier alpha value is -8.78. The standard InChI is InChI=1S/C55H75ClN16O10/c1-31(82-30-33-13-4-3-5-14-33)46-53(81)71-43(27-34-15-6-8-17-37(34)56)52(80)68-41(21-12-26-64-55(60)61)49(77)70-44(28-35-29-65-38-18-9-7-16-36(35)38)51(79)67-39(47(57)75)19-10-24-62-45(74)23-22-42(50(78)72-46)69-48(76)40(66-32(2)73)20-11-25-63-54(58)59/h3-9,13-18,29,31,39-44,46,65H,10-12,19-28,30H2,1-2H3,(H2,57,75)(H,62,74)(H,66,73)(H,67,79)(H,68,80)(H,69,76)(H,70,77)(H,71,81)(H,72,78)(H4,58,59,63)(H4,60,61,64)/t31-,39+,40+,41+,42+,43-,44+,46+/m1/s1. The van der Waals surface area contributed by atoms with E-state index in [4.69, 9.17) is 45.0 Å². The first-order valence-corrected chi connectivity index (χ1v) is 27.3. The van der Waals surface area contributed by atoms with Gasteiger partial charge in [0.1, 0.15) is 42.3 Å². The van der Waals surface area contributed by atoms with Gasteiger partial charge >= 0.3 is 0 Å². The quantitative estimate of drug-likeness (QED) is 0.0284. The number of halogens is 1. The van der Waals surface area contributed by atoms with Crippen LogP contribution in [0.3, 0.4) is 0 Å². The second-order valence-electron chi connectivity index (χ2n) is 19.7. The highest BCUT2D eigenvalue weighted by Gasteiger charge is 2.37. The second-order valence-corrected chi connectivity index (χ2v) is 20.1. The molecule has 0 bridgehead atoms. The number of aromatic amines is 1. The van der Waals surface area contributed by atoms with Gasteiger partial charge in [-0.25, -0.2) is 0 Å². The van der Waals surface area contributed by atoms with E-state index >= 15 is 4.79 Å². The number of fused-ring (bicyclic) bond motifs is 1. The van der Waals surface area contributed by atoms with Gasteiger partial charge in [-0.05, 0) is 80.7 Å². The average molecular weight is 1160 g/mol. The van der Waals surface area contributed by atoms with Gasteiger partial charge in [-0.2, -0.15) is 0 Å². The number of aromatic nitrogens is 1. The largest absolute Gasteiger partial charge is 0.371 e. The number of carbonyl (C=O) groups excluding carboxylic acids is 9. The molecule has 26 nitrogen and oxygen atoms in total. The highest BCUT2D eigenvalue weighted by Crippen LogP contribution is 2.21. The first-order chi connectivity index (χ1) is 39.2. The summed E-state index contributed by atoms with van der Waals surface area (Å²) in [5, 5.41) is 22.5. The first-order valence-electron chi connectivity index (χ1n) is 26.9. The van der Waals surface area contributed by atoms with Crippen molar-refractivity contribution in [2.24, 2.45) is 38.7 Å². The van der Waals surface area contributed by atoms with Gasteiger partial charge in [0.15, 0.2) is 11.9 Å². The molecule has 0 radical (unpaired) electrons. The van der Waals surface area contributed by atoms with Crippen molar-refractivity contribution < 1.29 is 47.9 Å². The molecule has 0 aliphatic carbocycles. The number of nitrogens with zero attached hydrogens (tertiary/aromatic N) is 2. The number of rotatable bonds is 20. The highest BCUT2D eigenvalue weighted by atomic mass is 35.5. The molecule has 0 saturated carbocycles. The van der Waals surface area contributed by atoms with E-state index < -0.39 is 102 Å². The Morgan fingerprint density at radius 3 is 2.00 bits per heavy atom. The fourth-order valence-electron chi connectivity index (χ4n) is 8.96. The summed E-state index contributed by atoms with van der Waals surface area (Å²) in [5.41, 5.74) is 30.5. The number of amides is 9. The van der Waals surface area contributed by atoms with E-state index in [1.165, 1.54) is 13.8 Å². The Bertz CT molecular complexity index is 2910. The third-order valence-electron chi connectivity index (χ3n) is 13.3. The van der Waals surface area contributed by atoms with Crippen LogP contribution < -0.4 is 71.2 Å². The van der Waals surface area contributed by atoms with Crippen molar-refractivity contribution in [2.75, 3.05) is 19.6 Å². The second kappa shape index (κ2) is 32.5. The Labute approximate surface area is 479 Å². The fourth-order valence-corrected chi connectivity index (χ4v) is 9.18. The molecule has 8 atom stereocenters. The van der Waals surface area contributed by atoms with E-state index in [0.717, 1.165) is 10.9 Å². The molecular formula is C55H75ClN16O10. The zero-order valence-corrected chi connectivity index (χ0v) is 46.6. The van der Waals surface area contributed by atoms with E-state index in [2.05, 4.69) is 57.5 Å². The summed E-state index contributed by atoms with van der Waals surface area (Å²) in [7, 11) is 0. The number of H-pyrrole nitrogens is 1. The minimum absolute atomic E-state index is 0.0254. The number of para-hydroxylation sites is 1. The predicted octanol–water partition coefficient (Wildman–Crippen LogP) is -1.09. The van der Waals surface area contributed by atoms with Gasteiger partial charge in [0, 0.05) is 67.9 Å². The number of hydrogen-bond donors (Lipinski definition) is 14. The molecule has 27 heteroatoms. The number of nitrogens with one attached hydrogen (secondary N) is 9. The number of guanidine groups is 2. The van der Waals surface area contributed by atoms with E-state index in [-0.39, 0.29) is 107 Å². The van der Waals surface area contributed by atoms with Crippen LogP contribution in [0.25, 0.3) is 10.9 Å². The zero-order valence-electron chi connectivity index (χ0n) is 45.8. The predicted molar refractivity (Wildman–Crippen MR) is 308 cm³/mol. The molecule has 4 aromatic rings. The number of primary amides is 1. The molecule has 1 aliphatic rings. The molecular weight excluding hydrogens is 1080 g/mol. The Morgan fingerprint density at radius 1 is 0.707 bits per heavy atom. The van der Waals surface area contributed by atoms with Gasteiger partial charge in [0.2, 0.25) is 53.2 Å². The van der Waals surface area contributed by atoms with Gasteiger partial charge in [-0.1, -0.05) is 78.3 Å². The van der Waals surface area contributed by atoms with Crippen LogP contribution in [0.5, 0.6) is 0 Å². The van der Waals surface area contributed by atoms with E-state index in [1.807, 2.05) is 18.2 Å². The topological polar surface area (TPSA) is 430 Å². The van der Waals surface area contributed by atoms with Crippen LogP contribution in [-0.2, 0) is 67.3 Å². The lowest BCUT2D eigenvalue weighted by Crippen LogP contribution is -2.62. The van der Waals surface area contributed by atoms with Gasteiger partial charge in [-0.15, -0.1) is 0 Å². The van der Waals surface area contributed by atoms with Crippen LogP contribution >= 0.6 is 11.6 Å². The van der Waals surface area contributed by atoms with Crippen molar-refractivity contribution in [3.8, 4) is 0 Å². The number of nitrogens with two attached hydrogens (primary N) is 5. The highest BCUT2D eigenvalue weighted by molar-refractivity contribution is 6.31. The smallest absolute Gasteiger partial charge is 0.245 e. The van der Waals surface area contributed by atoms with Crippen molar-refractivity contribution in [2.45, 2.75) is 133 Å². The van der Waals surface area contributed by atoms with Crippen LogP contribution in [0.2, 0.25) is 5.02 Å². The number of hydrogen-bond acceptors (Lipinski definition) is 12. The van der Waals surface area contributed by atoms with Crippen molar-refractivity contribution >= 4 is 87.6 Å². The number of benzene rings is 3. The molecule has 442 valence electrons. The Balaban J connectivity index is 1.59. The van der Waals surface area contributed by atoms with Crippen LogP contribution in [0.1, 0.15) is 81.9 Å². The SMILES string of the molecule is CC(=O)N[C@@H](CCCN=C(N)N)C(=O)N[C@H]1CCC(=O)NCCC[C@@H](C(N)=O)NC(=O)[C@H](Cc2c[nH]c3ccccc23)NC(=O)[C@H](CCCN=C(N)N)NC(=O)[C@@H](Cc2ccccc2Cl)NC(=O)[C@H]([C@@H](C)OCc2ccccc2)NC1=O. The van der Waals surface area contributed by atoms with Gasteiger partial charge in [0.25, 0.3) is 0 Å². The molecule has 0 unspecified atom stereocenters. The summed E-state index contributed by atoms with van der Waals surface area (Å²) in [6, 6.07) is 12.7. The fraction of sp³-hybridized carbons (Fsp3) is 0.436. The van der Waals surface area contributed by atoms with E-state index in [0.29, 0.717) is 16.7 Å². The Kier molecular flexibility index (Phi) is 25.4. The summed E-state index contributed by atoms with van der Waals surface area (Å²) >= 11 is 6.66. The monoisotopic (exact) mass is 1150 g/mol. The van der Waals surface area contributed by atoms with Crippen molar-refractivity contribution in [1.29, 1.82) is 0 Å². The molecule has 19 N–H and O–H groups in total. The molecule has 1 aliphatic heterocycles. The lowest BCUT2D eigenvalue weighted by atomic mass is 10.0. The summed E-state index contributed by atoms with van der Waals surface area (Å²) in [6.07, 6.45) is -0.246. The lowest BCUT2D eigenvalue weighted by Gasteiger charge is -2.30. The molecule has 3 aromatic carbocycles. The Morgan fingerprint density at radius 2 is 1.32 bits per heavy atom. The molecule has 0 spiro atoms. The zero-order chi connectivity index (χ0) is 59.7. The van der Waals surface area contributed by atoms with Crippen LogP contribution in [-0.4, -0.2) is 138 Å². The van der Waals surface area contributed by atoms with E-state index in [1.54, 1.807) is 66.9 Å². The summed E-state index contributed by atoms with van der Waals surface area (Å²) in [5.74, 6) is -7.73. The minimum Gasteiger partial charge on any atom is -0.371 e. The van der Waals surface area contributed by atoms with Crippen molar-refractivity contribution in [3.05, 3.63) is 107 Å². The van der Waals surface area contributed by atoms with Crippen molar-refractivity contribution in [3.63, 3.8) is 0 Å². The number of ether oxygens (including phenoxy) is 1.